The maximum Gasteiger partial charge on any atom is 0.231 e. The van der Waals surface area contributed by atoms with Crippen LogP contribution in [0, 0.1) is 0 Å². The van der Waals surface area contributed by atoms with E-state index < -0.39 is 0 Å². The van der Waals surface area contributed by atoms with Crippen molar-refractivity contribution in [3.63, 3.8) is 0 Å². The zero-order chi connectivity index (χ0) is 20.4. The highest BCUT2D eigenvalue weighted by Gasteiger charge is 2.34. The maximum absolute atomic E-state index is 9.70. The molecule has 0 aliphatic carbocycles. The van der Waals surface area contributed by atoms with Gasteiger partial charge in [-0.3, -0.25) is 4.90 Å². The van der Waals surface area contributed by atoms with E-state index in [1.165, 1.54) is 5.56 Å². The molecule has 4 rings (SSSR count). The van der Waals surface area contributed by atoms with E-state index in [1.807, 2.05) is 24.3 Å². The minimum atomic E-state index is 0.0207. The fraction of sp³-hybridized carbons (Fsp3) is 0.409. The van der Waals surface area contributed by atoms with Gasteiger partial charge in [-0.2, -0.15) is 0 Å². The normalized spacial score (nSPS) is 18.4. The number of rotatable bonds is 6. The molecule has 1 unspecified atom stereocenters. The van der Waals surface area contributed by atoms with Crippen LogP contribution in [-0.2, 0) is 12.8 Å². The molecule has 0 saturated carbocycles. The Bertz CT molecular complexity index is 910. The van der Waals surface area contributed by atoms with Crippen LogP contribution in [0.5, 0.6) is 23.0 Å². The van der Waals surface area contributed by atoms with Crippen LogP contribution in [0.1, 0.15) is 29.2 Å². The summed E-state index contributed by atoms with van der Waals surface area (Å²) >= 11 is 0. The van der Waals surface area contributed by atoms with Crippen LogP contribution in [0.15, 0.2) is 35.5 Å². The third-order valence-electron chi connectivity index (χ3n) is 5.68. The molecule has 1 atom stereocenters. The van der Waals surface area contributed by atoms with Gasteiger partial charge in [0.25, 0.3) is 0 Å². The van der Waals surface area contributed by atoms with Crippen molar-refractivity contribution in [3.8, 4) is 23.0 Å². The topological polar surface area (TPSA) is 72.8 Å². The van der Waals surface area contributed by atoms with Crippen molar-refractivity contribution < 1.29 is 24.2 Å². The molecule has 0 radical (unpaired) electrons. The van der Waals surface area contributed by atoms with Gasteiger partial charge in [0.15, 0.2) is 11.5 Å². The molecule has 2 heterocycles. The van der Waals surface area contributed by atoms with Crippen molar-refractivity contribution in [3.05, 3.63) is 47.0 Å². The van der Waals surface area contributed by atoms with Gasteiger partial charge in [-0.05, 0) is 42.8 Å². The van der Waals surface area contributed by atoms with Gasteiger partial charge in [-0.25, -0.2) is 0 Å². The number of hydrogen-bond donors (Lipinski definition) is 1. The van der Waals surface area contributed by atoms with Crippen molar-refractivity contribution in [1.82, 2.24) is 4.90 Å². The van der Waals surface area contributed by atoms with Crippen LogP contribution in [0.25, 0.3) is 0 Å². The van der Waals surface area contributed by atoms with Crippen LogP contribution in [-0.4, -0.2) is 50.4 Å². The first-order valence-corrected chi connectivity index (χ1v) is 9.67. The van der Waals surface area contributed by atoms with Crippen molar-refractivity contribution in [2.75, 3.05) is 34.6 Å². The van der Waals surface area contributed by atoms with Crippen molar-refractivity contribution in [2.45, 2.75) is 25.3 Å². The van der Waals surface area contributed by atoms with Crippen molar-refractivity contribution in [2.24, 2.45) is 5.16 Å². The zero-order valence-corrected chi connectivity index (χ0v) is 17.0. The van der Waals surface area contributed by atoms with Gasteiger partial charge >= 0.3 is 0 Å². The summed E-state index contributed by atoms with van der Waals surface area (Å²) in [6.45, 7) is 1.11. The smallest absolute Gasteiger partial charge is 0.231 e. The molecule has 0 fully saturated rings. The Morgan fingerprint density at radius 2 is 2.00 bits per heavy atom. The van der Waals surface area contributed by atoms with Crippen LogP contribution in [0.3, 0.4) is 0 Å². The van der Waals surface area contributed by atoms with E-state index in [-0.39, 0.29) is 12.8 Å². The van der Waals surface area contributed by atoms with Gasteiger partial charge in [0.05, 0.1) is 19.9 Å². The third kappa shape index (κ3) is 3.70. The SMILES string of the molecule is COc1ccc(C/C(CC2c3c(cc4c(c3OC)OCO4)CCN2C)=N/O)cc1. The van der Waals surface area contributed by atoms with Crippen molar-refractivity contribution >= 4 is 5.71 Å². The fourth-order valence-electron chi connectivity index (χ4n) is 4.13. The molecule has 7 nitrogen and oxygen atoms in total. The fourth-order valence-corrected chi connectivity index (χ4v) is 4.13. The number of nitrogens with zero attached hydrogens (tertiary/aromatic N) is 2. The Balaban J connectivity index is 1.63. The average Bonchev–Trinajstić information content (AvgIpc) is 3.22. The van der Waals surface area contributed by atoms with Crippen molar-refractivity contribution in [1.29, 1.82) is 0 Å². The van der Waals surface area contributed by atoms with Gasteiger partial charge in [0.1, 0.15) is 5.75 Å². The predicted octanol–water partition coefficient (Wildman–Crippen LogP) is 3.42. The minimum Gasteiger partial charge on any atom is -0.497 e. The second-order valence-corrected chi connectivity index (χ2v) is 7.36. The summed E-state index contributed by atoms with van der Waals surface area (Å²) in [5, 5.41) is 13.3. The van der Waals surface area contributed by atoms with Crippen LogP contribution >= 0.6 is 0 Å². The Morgan fingerprint density at radius 3 is 2.69 bits per heavy atom. The number of oxime groups is 1. The highest BCUT2D eigenvalue weighted by atomic mass is 16.7. The third-order valence-corrected chi connectivity index (χ3v) is 5.68. The van der Waals surface area contributed by atoms with Gasteiger partial charge in [-0.15, -0.1) is 0 Å². The molecule has 1 N–H and O–H groups in total. The lowest BCUT2D eigenvalue weighted by Crippen LogP contribution is -2.34. The molecule has 29 heavy (non-hydrogen) atoms. The Morgan fingerprint density at radius 1 is 1.21 bits per heavy atom. The van der Waals surface area contributed by atoms with E-state index in [0.29, 0.717) is 30.1 Å². The van der Waals surface area contributed by atoms with E-state index in [4.69, 9.17) is 18.9 Å². The molecule has 2 aromatic rings. The largest absolute Gasteiger partial charge is 0.497 e. The van der Waals surface area contributed by atoms with E-state index in [2.05, 4.69) is 23.2 Å². The second-order valence-electron chi connectivity index (χ2n) is 7.36. The van der Waals surface area contributed by atoms with Gasteiger partial charge in [-0.1, -0.05) is 17.3 Å². The second kappa shape index (κ2) is 8.21. The molecular formula is C22H26N2O5. The van der Waals surface area contributed by atoms with E-state index in [0.717, 1.165) is 35.6 Å². The first-order chi connectivity index (χ1) is 14.1. The molecule has 0 aromatic heterocycles. The summed E-state index contributed by atoms with van der Waals surface area (Å²) in [6.07, 6.45) is 2.05. The number of methoxy groups -OCH3 is 2. The summed E-state index contributed by atoms with van der Waals surface area (Å²) < 4.78 is 22.2. The standard InChI is InChI=1S/C22H26N2O5/c1-24-9-8-15-11-19-21(29-13-28-19)22(27-3)20(15)18(24)12-16(23-25)10-14-4-6-17(26-2)7-5-14/h4-7,11,18,25H,8-10,12-13H2,1-3H3/b23-16-. The molecule has 0 bridgehead atoms. The molecule has 2 aliphatic heterocycles. The lowest BCUT2D eigenvalue weighted by atomic mass is 9.87. The summed E-state index contributed by atoms with van der Waals surface area (Å²) in [5.41, 5.74) is 4.05. The predicted molar refractivity (Wildman–Crippen MR) is 109 cm³/mol. The number of hydrogen-bond acceptors (Lipinski definition) is 7. The van der Waals surface area contributed by atoms with Gasteiger partial charge < -0.3 is 24.2 Å². The number of likely N-dealkylation sites (N-methyl/N-ethyl adjacent to an activating group) is 1. The first-order valence-electron chi connectivity index (χ1n) is 9.67. The lowest BCUT2D eigenvalue weighted by molar-refractivity contribution is 0.170. The molecule has 0 amide bonds. The first kappa shape index (κ1) is 19.4. The molecule has 2 aromatic carbocycles. The number of ether oxygens (including phenoxy) is 4. The minimum absolute atomic E-state index is 0.0207. The summed E-state index contributed by atoms with van der Waals surface area (Å²) in [4.78, 5) is 2.27. The summed E-state index contributed by atoms with van der Waals surface area (Å²) in [5.74, 6) is 2.91. The maximum atomic E-state index is 9.70. The number of fused-ring (bicyclic) bond motifs is 2. The summed E-state index contributed by atoms with van der Waals surface area (Å²) in [7, 11) is 5.38. The van der Waals surface area contributed by atoms with Gasteiger partial charge in [0, 0.05) is 31.0 Å². The highest BCUT2D eigenvalue weighted by molar-refractivity contribution is 5.87. The van der Waals surface area contributed by atoms with Crippen LogP contribution in [0.4, 0.5) is 0 Å². The van der Waals surface area contributed by atoms with E-state index in [1.54, 1.807) is 14.2 Å². The highest BCUT2D eigenvalue weighted by Crippen LogP contribution is 2.50. The Kier molecular flexibility index (Phi) is 5.49. The van der Waals surface area contributed by atoms with Crippen LogP contribution in [0.2, 0.25) is 0 Å². The molecule has 154 valence electrons. The quantitative estimate of drug-likeness (QED) is 0.457. The number of benzene rings is 2. The summed E-state index contributed by atoms with van der Waals surface area (Å²) in [6, 6.07) is 9.88. The Hall–Kier alpha value is -2.93. The monoisotopic (exact) mass is 398 g/mol. The molecule has 7 heteroatoms. The van der Waals surface area contributed by atoms with Crippen LogP contribution < -0.4 is 18.9 Å². The van der Waals surface area contributed by atoms with E-state index >= 15 is 0 Å². The zero-order valence-electron chi connectivity index (χ0n) is 17.0. The Labute approximate surface area is 170 Å². The van der Waals surface area contributed by atoms with Gasteiger partial charge in [0.2, 0.25) is 12.5 Å². The molecule has 0 spiro atoms. The molecule has 0 saturated heterocycles. The molecule has 2 aliphatic rings. The van der Waals surface area contributed by atoms with E-state index in [9.17, 15) is 5.21 Å². The molecular weight excluding hydrogens is 372 g/mol. The lowest BCUT2D eigenvalue weighted by Gasteiger charge is -2.36. The average molecular weight is 398 g/mol.